The van der Waals surface area contributed by atoms with Crippen molar-refractivity contribution in [2.45, 2.75) is 97.9 Å². The van der Waals surface area contributed by atoms with Crippen LogP contribution < -0.4 is 0 Å². The average molecular weight is 341 g/mol. The molecule has 1 saturated heterocycles. The molecule has 0 spiro atoms. The summed E-state index contributed by atoms with van der Waals surface area (Å²) < 4.78 is 17.7. The van der Waals surface area contributed by atoms with Gasteiger partial charge in [-0.25, -0.2) is 0 Å². The zero-order valence-electron chi connectivity index (χ0n) is 16.2. The highest BCUT2D eigenvalue weighted by atomic mass is 16.7. The summed E-state index contributed by atoms with van der Waals surface area (Å²) in [6, 6.07) is 0. The monoisotopic (exact) mass is 340 g/mol. The lowest BCUT2D eigenvalue weighted by Crippen LogP contribution is -2.44. The molecule has 1 N–H and O–H groups in total. The minimum Gasteiger partial charge on any atom is -0.496 e. The summed E-state index contributed by atoms with van der Waals surface area (Å²) in [5, 5.41) is 9.86. The Balaban J connectivity index is 1.74. The highest BCUT2D eigenvalue weighted by Crippen LogP contribution is 2.59. The Hall–Kier alpha value is -0.580. The largest absolute Gasteiger partial charge is 0.496 e. The second-order valence-electron chi connectivity index (χ2n) is 8.52. The summed E-state index contributed by atoms with van der Waals surface area (Å²) >= 11 is 0. The lowest BCUT2D eigenvalue weighted by atomic mass is 9.95. The molecule has 0 aromatic rings. The molecule has 24 heavy (non-hydrogen) atoms. The molecule has 1 heterocycles. The molecule has 140 valence electrons. The topological polar surface area (TPSA) is 47.9 Å². The lowest BCUT2D eigenvalue weighted by Gasteiger charge is -2.37. The second kappa shape index (κ2) is 7.76. The van der Waals surface area contributed by atoms with Gasteiger partial charge in [0.2, 0.25) is 0 Å². The van der Waals surface area contributed by atoms with E-state index in [1.807, 2.05) is 20.8 Å². The number of aliphatic hydroxyl groups is 1. The fraction of sp³-hybridized carbons (Fsp3) is 0.900. The van der Waals surface area contributed by atoms with Gasteiger partial charge in [-0.2, -0.15) is 0 Å². The van der Waals surface area contributed by atoms with E-state index in [-0.39, 0.29) is 36.6 Å². The molecule has 0 amide bonds. The molecule has 2 fully saturated rings. The van der Waals surface area contributed by atoms with Crippen molar-refractivity contribution in [3.8, 4) is 0 Å². The van der Waals surface area contributed by atoms with Gasteiger partial charge < -0.3 is 19.3 Å². The minimum atomic E-state index is -0.381. The highest BCUT2D eigenvalue weighted by molar-refractivity contribution is 5.13. The van der Waals surface area contributed by atoms with E-state index in [4.69, 9.17) is 14.2 Å². The van der Waals surface area contributed by atoms with Crippen LogP contribution >= 0.6 is 0 Å². The van der Waals surface area contributed by atoms with Gasteiger partial charge in [0.25, 0.3) is 0 Å². The number of rotatable bonds is 8. The van der Waals surface area contributed by atoms with E-state index in [9.17, 15) is 5.11 Å². The molecule has 0 bridgehead atoms. The van der Waals surface area contributed by atoms with Gasteiger partial charge in [0, 0.05) is 11.8 Å². The molecule has 7 atom stereocenters. The molecule has 0 radical (unpaired) electrons. The molecule has 2 aliphatic rings. The summed E-state index contributed by atoms with van der Waals surface area (Å²) in [6.45, 7) is 16.6. The Morgan fingerprint density at radius 1 is 1.33 bits per heavy atom. The van der Waals surface area contributed by atoms with E-state index < -0.39 is 0 Å². The quantitative estimate of drug-likeness (QED) is 0.670. The first kappa shape index (κ1) is 19.7. The number of ether oxygens (including phenoxy) is 3. The summed E-state index contributed by atoms with van der Waals surface area (Å²) in [4.78, 5) is 0. The molecule has 0 aromatic carbocycles. The van der Waals surface area contributed by atoms with E-state index in [0.29, 0.717) is 11.3 Å². The van der Waals surface area contributed by atoms with Crippen LogP contribution in [0.4, 0.5) is 0 Å². The maximum Gasteiger partial charge on any atom is 0.161 e. The van der Waals surface area contributed by atoms with Crippen LogP contribution in [0, 0.1) is 17.3 Å². The average Bonchev–Trinajstić information content (AvgIpc) is 3.15. The fourth-order valence-electron chi connectivity index (χ4n) is 3.69. The first-order valence-electron chi connectivity index (χ1n) is 9.47. The van der Waals surface area contributed by atoms with Gasteiger partial charge in [-0.15, -0.1) is 0 Å². The summed E-state index contributed by atoms with van der Waals surface area (Å²) in [5.41, 5.74) is 0.298. The third kappa shape index (κ3) is 4.96. The van der Waals surface area contributed by atoms with Gasteiger partial charge in [0.05, 0.1) is 30.2 Å². The van der Waals surface area contributed by atoms with Crippen molar-refractivity contribution in [3.05, 3.63) is 12.3 Å². The van der Waals surface area contributed by atoms with Crippen molar-refractivity contribution in [2.24, 2.45) is 17.3 Å². The Kier molecular flexibility index (Phi) is 6.38. The number of allylic oxidation sites excluding steroid dienone is 1. The molecule has 0 unspecified atom stereocenters. The standard InChI is InChI=1S/C20H36O4/c1-12(2)22-15(5)17-11-20(17,7)9-8-14(4)23-19-13(3)10-18(21)16(6)24-19/h12-14,16-19,21H,5,8-11H2,1-4,6-7H3/t13-,14-,16+,17+,18-,19-,20-/m1/s1. The van der Waals surface area contributed by atoms with Gasteiger partial charge in [0.15, 0.2) is 6.29 Å². The van der Waals surface area contributed by atoms with E-state index in [1.165, 1.54) is 0 Å². The van der Waals surface area contributed by atoms with E-state index >= 15 is 0 Å². The van der Waals surface area contributed by atoms with Crippen LogP contribution in [-0.2, 0) is 14.2 Å². The van der Waals surface area contributed by atoms with E-state index in [2.05, 4.69) is 27.4 Å². The first-order chi connectivity index (χ1) is 11.1. The van der Waals surface area contributed by atoms with Gasteiger partial charge in [0.1, 0.15) is 0 Å². The Labute approximate surface area is 147 Å². The highest BCUT2D eigenvalue weighted by Gasteiger charge is 2.52. The maximum atomic E-state index is 9.86. The van der Waals surface area contributed by atoms with Crippen molar-refractivity contribution in [1.82, 2.24) is 0 Å². The zero-order chi connectivity index (χ0) is 18.1. The van der Waals surface area contributed by atoms with Gasteiger partial charge in [-0.3, -0.25) is 0 Å². The third-order valence-corrected chi connectivity index (χ3v) is 5.58. The molecular weight excluding hydrogens is 304 g/mol. The van der Waals surface area contributed by atoms with Gasteiger partial charge in [-0.05, 0) is 58.8 Å². The molecular formula is C20H36O4. The fourth-order valence-corrected chi connectivity index (χ4v) is 3.69. The van der Waals surface area contributed by atoms with Crippen LogP contribution in [0.2, 0.25) is 0 Å². The predicted molar refractivity (Wildman–Crippen MR) is 95.5 cm³/mol. The van der Waals surface area contributed by atoms with Crippen LogP contribution in [0.15, 0.2) is 12.3 Å². The van der Waals surface area contributed by atoms with Crippen LogP contribution in [0.3, 0.4) is 0 Å². The number of hydrogen-bond donors (Lipinski definition) is 1. The summed E-state index contributed by atoms with van der Waals surface area (Å²) in [6.07, 6.45) is 3.62. The predicted octanol–water partition coefficient (Wildman–Crippen LogP) is 4.27. The van der Waals surface area contributed by atoms with E-state index in [0.717, 1.165) is 31.4 Å². The molecule has 1 aliphatic heterocycles. The lowest BCUT2D eigenvalue weighted by molar-refractivity contribution is -0.255. The van der Waals surface area contributed by atoms with Crippen LogP contribution in [-0.4, -0.2) is 35.8 Å². The maximum absolute atomic E-state index is 9.86. The number of hydrogen-bond acceptors (Lipinski definition) is 4. The zero-order valence-corrected chi connectivity index (χ0v) is 16.2. The molecule has 2 rings (SSSR count). The van der Waals surface area contributed by atoms with Crippen molar-refractivity contribution >= 4 is 0 Å². The van der Waals surface area contributed by atoms with Gasteiger partial charge >= 0.3 is 0 Å². The smallest absolute Gasteiger partial charge is 0.161 e. The molecule has 4 nitrogen and oxygen atoms in total. The van der Waals surface area contributed by atoms with Crippen molar-refractivity contribution in [2.75, 3.05) is 0 Å². The number of aliphatic hydroxyl groups excluding tert-OH is 1. The van der Waals surface area contributed by atoms with Crippen molar-refractivity contribution in [1.29, 1.82) is 0 Å². The first-order valence-corrected chi connectivity index (χ1v) is 9.47. The van der Waals surface area contributed by atoms with Gasteiger partial charge in [-0.1, -0.05) is 20.4 Å². The molecule has 4 heteroatoms. The molecule has 0 aromatic heterocycles. The normalized spacial score (nSPS) is 40.4. The Morgan fingerprint density at radius 3 is 2.62 bits per heavy atom. The summed E-state index contributed by atoms with van der Waals surface area (Å²) in [5.74, 6) is 1.64. The van der Waals surface area contributed by atoms with Crippen molar-refractivity contribution in [3.63, 3.8) is 0 Å². The van der Waals surface area contributed by atoms with Crippen LogP contribution in [0.5, 0.6) is 0 Å². The van der Waals surface area contributed by atoms with Crippen LogP contribution in [0.1, 0.15) is 67.2 Å². The van der Waals surface area contributed by atoms with Crippen LogP contribution in [0.25, 0.3) is 0 Å². The van der Waals surface area contributed by atoms with E-state index in [1.54, 1.807) is 0 Å². The van der Waals surface area contributed by atoms with Crippen molar-refractivity contribution < 1.29 is 19.3 Å². The second-order valence-corrected chi connectivity index (χ2v) is 8.52. The Morgan fingerprint density at radius 2 is 2.00 bits per heavy atom. The molecule has 1 saturated carbocycles. The minimum absolute atomic E-state index is 0.150. The molecule has 1 aliphatic carbocycles. The Bertz CT molecular complexity index is 435. The third-order valence-electron chi connectivity index (χ3n) is 5.58. The summed E-state index contributed by atoms with van der Waals surface area (Å²) in [7, 11) is 0. The SMILES string of the molecule is C=C(OC(C)C)[C@@H]1C[C@@]1(C)CC[C@@H](C)O[C@@H]1O[C@@H](C)[C@H](O)C[C@H]1C.